The second-order valence-corrected chi connectivity index (χ2v) is 8.34. The molecule has 0 bridgehead atoms. The molecule has 2 aliphatic rings. The van der Waals surface area contributed by atoms with Crippen molar-refractivity contribution in [2.24, 2.45) is 10.9 Å². The van der Waals surface area contributed by atoms with E-state index in [4.69, 9.17) is 16.3 Å². The summed E-state index contributed by atoms with van der Waals surface area (Å²) < 4.78 is 89.4. The van der Waals surface area contributed by atoms with Gasteiger partial charge in [0.25, 0.3) is 0 Å². The summed E-state index contributed by atoms with van der Waals surface area (Å²) in [5.41, 5.74) is -0.454. The van der Waals surface area contributed by atoms with Gasteiger partial charge in [0.15, 0.2) is 6.04 Å². The minimum absolute atomic E-state index is 0.111. The molecule has 0 saturated carbocycles. The van der Waals surface area contributed by atoms with E-state index >= 15 is 0 Å². The van der Waals surface area contributed by atoms with Crippen LogP contribution >= 0.6 is 11.6 Å². The van der Waals surface area contributed by atoms with Crippen LogP contribution in [0.1, 0.15) is 38.9 Å². The first-order valence-corrected chi connectivity index (χ1v) is 10.5. The van der Waals surface area contributed by atoms with Crippen molar-refractivity contribution in [2.45, 2.75) is 57.8 Å². The first-order chi connectivity index (χ1) is 14.8. The molecule has 0 amide bonds. The van der Waals surface area contributed by atoms with E-state index in [9.17, 15) is 26.3 Å². The van der Waals surface area contributed by atoms with E-state index in [0.717, 1.165) is 11.1 Å². The molecule has 176 valence electrons. The van der Waals surface area contributed by atoms with E-state index in [2.05, 4.69) is 4.99 Å². The number of ether oxygens (including phenoxy) is 1. The predicted octanol–water partition coefficient (Wildman–Crippen LogP) is 7.04. The molecular formula is C22H23ClF6N2O. The topological polar surface area (TPSA) is 24.8 Å². The fourth-order valence-electron chi connectivity index (χ4n) is 4.12. The van der Waals surface area contributed by atoms with Gasteiger partial charge in [0.1, 0.15) is 5.70 Å². The Balaban J connectivity index is 2.21. The molecule has 0 aromatic heterocycles. The molecule has 0 aliphatic carbocycles. The maximum atomic E-state index is 14.1. The Kier molecular flexibility index (Phi) is 7.00. The number of allylic oxidation sites excluding steroid dienone is 3. The smallest absolute Gasteiger partial charge is 0.368 e. The quantitative estimate of drug-likeness (QED) is 0.433. The molecule has 10 heteroatoms. The number of benzene rings is 1. The van der Waals surface area contributed by atoms with Crippen LogP contribution in [0.15, 0.2) is 46.6 Å². The first kappa shape index (κ1) is 24.6. The van der Waals surface area contributed by atoms with Crippen LogP contribution in [-0.4, -0.2) is 37.3 Å². The van der Waals surface area contributed by atoms with E-state index in [1.54, 1.807) is 13.8 Å². The van der Waals surface area contributed by atoms with Gasteiger partial charge in [-0.15, -0.1) is 0 Å². The minimum Gasteiger partial charge on any atom is -0.368 e. The summed E-state index contributed by atoms with van der Waals surface area (Å²) in [4.78, 5) is 4.68. The Morgan fingerprint density at radius 3 is 2.50 bits per heavy atom. The van der Waals surface area contributed by atoms with Crippen molar-refractivity contribution >= 4 is 23.5 Å². The molecule has 4 atom stereocenters. The van der Waals surface area contributed by atoms with Gasteiger partial charge in [0.05, 0.1) is 12.2 Å². The monoisotopic (exact) mass is 480 g/mol. The Morgan fingerprint density at radius 2 is 1.91 bits per heavy atom. The van der Waals surface area contributed by atoms with Crippen LogP contribution in [0.3, 0.4) is 0 Å². The summed E-state index contributed by atoms with van der Waals surface area (Å²) in [5.74, 6) is -1.26. The molecule has 0 N–H and O–H groups in total. The largest absolute Gasteiger partial charge is 0.431 e. The molecule has 4 unspecified atom stereocenters. The fraction of sp³-hybridized carbons (Fsp3) is 0.500. The summed E-state index contributed by atoms with van der Waals surface area (Å²) in [6.45, 7) is 4.36. The minimum atomic E-state index is -4.67. The van der Waals surface area contributed by atoms with Crippen molar-refractivity contribution in [1.82, 2.24) is 0 Å². The van der Waals surface area contributed by atoms with Crippen molar-refractivity contribution in [3.63, 3.8) is 0 Å². The van der Waals surface area contributed by atoms with Crippen LogP contribution in [0, 0.1) is 5.92 Å². The van der Waals surface area contributed by atoms with E-state index < -0.39 is 42.2 Å². The number of hydrogen-bond acceptors (Lipinski definition) is 3. The Labute approximate surface area is 187 Å². The van der Waals surface area contributed by atoms with Gasteiger partial charge in [0.2, 0.25) is 0 Å². The average molecular weight is 481 g/mol. The van der Waals surface area contributed by atoms with Crippen molar-refractivity contribution in [3.8, 4) is 0 Å². The van der Waals surface area contributed by atoms with E-state index in [0.29, 0.717) is 0 Å². The number of alkyl halides is 6. The molecule has 3 rings (SSSR count). The third-order valence-corrected chi connectivity index (χ3v) is 5.83. The van der Waals surface area contributed by atoms with Crippen LogP contribution in [0.25, 0.3) is 0 Å². The molecular weight excluding hydrogens is 458 g/mol. The predicted molar refractivity (Wildman–Crippen MR) is 112 cm³/mol. The van der Waals surface area contributed by atoms with E-state index in [1.807, 2.05) is 0 Å². The number of rotatable bonds is 3. The molecule has 0 saturated heterocycles. The number of halogens is 7. The third-order valence-electron chi connectivity index (χ3n) is 5.59. The van der Waals surface area contributed by atoms with Gasteiger partial charge in [-0.25, -0.2) is 0 Å². The standard InChI is InChI=1S/C22H23ClF6N2O/c1-4-12(2)20(22(27,28)29)31-11-13(3)32-18(16-10-14(23)7-8-17(16)31)15-6-5-9-30-19(15)21(24,25)26/h5-10,13,15,18-19H,4,11H2,1-3H3/b20-12+. The number of fused-ring (bicyclic) bond motifs is 1. The van der Waals surface area contributed by atoms with E-state index in [-0.39, 0.29) is 34.8 Å². The normalized spacial score (nSPS) is 27.1. The zero-order valence-electron chi connectivity index (χ0n) is 17.6. The molecule has 2 heterocycles. The SMILES string of the molecule is CC/C(C)=C(/N1CC(C)OC(C2C=CC=NC2C(F)(F)F)c2cc(Cl)ccc21)C(F)(F)F. The molecule has 2 aliphatic heterocycles. The van der Waals surface area contributed by atoms with Gasteiger partial charge >= 0.3 is 12.4 Å². The maximum absolute atomic E-state index is 14.1. The van der Waals surface area contributed by atoms with Crippen molar-refractivity contribution in [2.75, 3.05) is 11.4 Å². The zero-order chi connectivity index (χ0) is 23.8. The van der Waals surface area contributed by atoms with Crippen LogP contribution in [0.5, 0.6) is 0 Å². The molecule has 32 heavy (non-hydrogen) atoms. The summed E-state index contributed by atoms with van der Waals surface area (Å²) in [5, 5.41) is 0.184. The van der Waals surface area contributed by atoms with Gasteiger partial charge in [-0.1, -0.05) is 24.6 Å². The summed E-state index contributed by atoms with van der Waals surface area (Å²) >= 11 is 6.13. The lowest BCUT2D eigenvalue weighted by Crippen LogP contribution is -2.39. The van der Waals surface area contributed by atoms with Gasteiger partial charge in [-0.2, -0.15) is 26.3 Å². The Morgan fingerprint density at radius 1 is 1.22 bits per heavy atom. The third kappa shape index (κ3) is 4.98. The molecule has 3 nitrogen and oxygen atoms in total. The number of nitrogens with zero attached hydrogens (tertiary/aromatic N) is 2. The molecule has 1 aromatic rings. The number of aliphatic imine (C=N–C) groups is 1. The van der Waals surface area contributed by atoms with Crippen LogP contribution in [0.4, 0.5) is 32.0 Å². The Hall–Kier alpha value is -2.00. The summed E-state index contributed by atoms with van der Waals surface area (Å²) in [7, 11) is 0. The zero-order valence-corrected chi connectivity index (χ0v) is 18.4. The first-order valence-electron chi connectivity index (χ1n) is 10.1. The van der Waals surface area contributed by atoms with Crippen molar-refractivity contribution in [3.05, 3.63) is 52.2 Å². The highest BCUT2D eigenvalue weighted by atomic mass is 35.5. The summed E-state index contributed by atoms with van der Waals surface area (Å²) in [6.07, 6.45) is -7.38. The second-order valence-electron chi connectivity index (χ2n) is 7.91. The molecule has 0 radical (unpaired) electrons. The van der Waals surface area contributed by atoms with Gasteiger partial charge in [-0.3, -0.25) is 4.99 Å². The van der Waals surface area contributed by atoms with Crippen LogP contribution in [-0.2, 0) is 4.74 Å². The average Bonchev–Trinajstić information content (AvgIpc) is 2.82. The van der Waals surface area contributed by atoms with E-state index in [1.165, 1.54) is 37.3 Å². The lowest BCUT2D eigenvalue weighted by molar-refractivity contribution is -0.168. The maximum Gasteiger partial charge on any atom is 0.431 e. The van der Waals surface area contributed by atoms with Crippen LogP contribution < -0.4 is 4.90 Å². The number of hydrogen-bond donors (Lipinski definition) is 0. The lowest BCUT2D eigenvalue weighted by atomic mass is 9.86. The Bertz CT molecular complexity index is 937. The molecule has 0 fully saturated rings. The highest BCUT2D eigenvalue weighted by molar-refractivity contribution is 6.30. The number of anilines is 1. The number of dihydropyridines is 1. The van der Waals surface area contributed by atoms with Crippen molar-refractivity contribution in [1.29, 1.82) is 0 Å². The highest BCUT2D eigenvalue weighted by Crippen LogP contribution is 2.47. The molecule has 0 spiro atoms. The van der Waals surface area contributed by atoms with Gasteiger partial charge < -0.3 is 9.64 Å². The van der Waals surface area contributed by atoms with Gasteiger partial charge in [-0.05, 0) is 50.1 Å². The summed E-state index contributed by atoms with van der Waals surface area (Å²) in [6, 6.07) is 2.12. The lowest BCUT2D eigenvalue weighted by Gasteiger charge is -2.33. The van der Waals surface area contributed by atoms with Gasteiger partial charge in [0, 0.05) is 35.0 Å². The fourth-order valence-corrected chi connectivity index (χ4v) is 4.30. The second kappa shape index (κ2) is 9.09. The molecule has 1 aromatic carbocycles. The van der Waals surface area contributed by atoms with Crippen LogP contribution in [0.2, 0.25) is 5.02 Å². The van der Waals surface area contributed by atoms with Crippen molar-refractivity contribution < 1.29 is 31.1 Å². The highest BCUT2D eigenvalue weighted by Gasteiger charge is 2.50.